The zero-order valence-electron chi connectivity index (χ0n) is 10.8. The number of halogens is 1. The maximum absolute atomic E-state index is 13.3. The Labute approximate surface area is 106 Å². The monoisotopic (exact) mass is 248 g/mol. The quantitative estimate of drug-likeness (QED) is 0.843. The summed E-state index contributed by atoms with van der Waals surface area (Å²) < 4.78 is 15.1. The van der Waals surface area contributed by atoms with Crippen molar-refractivity contribution in [1.82, 2.24) is 9.88 Å². The number of benzene rings is 1. The van der Waals surface area contributed by atoms with Crippen molar-refractivity contribution in [1.29, 1.82) is 0 Å². The van der Waals surface area contributed by atoms with E-state index < -0.39 is 0 Å². The summed E-state index contributed by atoms with van der Waals surface area (Å²) in [7, 11) is 1.85. The number of Topliss-reactive ketones (excluding diaryl/α,β-unsaturated/α-hetero) is 1. The van der Waals surface area contributed by atoms with Gasteiger partial charge in [-0.25, -0.2) is 4.39 Å². The molecular formula is C14H17FN2O. The van der Waals surface area contributed by atoms with Crippen LogP contribution in [0.4, 0.5) is 4.39 Å². The fraction of sp³-hybridized carbons (Fsp3) is 0.357. The standard InChI is InChI=1S/C14H17FN2O/c1-9(2)16-7-14(18)12-8-17(3)13-5-4-10(15)6-11(12)13/h4-6,8-9,16H,7H2,1-3H3. The van der Waals surface area contributed by atoms with Gasteiger partial charge in [-0.05, 0) is 18.2 Å². The molecule has 0 aliphatic carbocycles. The Morgan fingerprint density at radius 3 is 2.83 bits per heavy atom. The number of carbonyl (C=O) groups excluding carboxylic acids is 1. The second-order valence-electron chi connectivity index (χ2n) is 4.77. The molecule has 0 amide bonds. The predicted molar refractivity (Wildman–Crippen MR) is 70.3 cm³/mol. The third kappa shape index (κ3) is 2.43. The second kappa shape index (κ2) is 4.90. The smallest absolute Gasteiger partial charge is 0.178 e. The van der Waals surface area contributed by atoms with Gasteiger partial charge in [-0.15, -0.1) is 0 Å². The fourth-order valence-corrected chi connectivity index (χ4v) is 1.98. The molecule has 0 saturated heterocycles. The van der Waals surface area contributed by atoms with Crippen molar-refractivity contribution in [2.45, 2.75) is 19.9 Å². The SMILES string of the molecule is CC(C)NCC(=O)c1cn(C)c2ccc(F)cc12. The van der Waals surface area contributed by atoms with E-state index in [9.17, 15) is 9.18 Å². The summed E-state index contributed by atoms with van der Waals surface area (Å²) in [4.78, 5) is 12.1. The molecule has 1 aromatic heterocycles. The number of hydrogen-bond donors (Lipinski definition) is 1. The van der Waals surface area contributed by atoms with Crippen molar-refractivity contribution < 1.29 is 9.18 Å². The van der Waals surface area contributed by atoms with E-state index in [2.05, 4.69) is 5.32 Å². The number of aryl methyl sites for hydroxylation is 1. The summed E-state index contributed by atoms with van der Waals surface area (Å²) in [5, 5.41) is 3.75. The normalized spacial score (nSPS) is 11.4. The highest BCUT2D eigenvalue weighted by Gasteiger charge is 2.14. The number of nitrogens with one attached hydrogen (secondary N) is 1. The van der Waals surface area contributed by atoms with Gasteiger partial charge in [-0.3, -0.25) is 4.79 Å². The first-order chi connectivity index (χ1) is 8.49. The van der Waals surface area contributed by atoms with Gasteiger partial charge in [0, 0.05) is 35.8 Å². The van der Waals surface area contributed by atoms with Crippen LogP contribution in [0.3, 0.4) is 0 Å². The lowest BCUT2D eigenvalue weighted by Gasteiger charge is -2.06. The van der Waals surface area contributed by atoms with Crippen LogP contribution >= 0.6 is 0 Å². The number of carbonyl (C=O) groups is 1. The minimum Gasteiger partial charge on any atom is -0.350 e. The van der Waals surface area contributed by atoms with Gasteiger partial charge in [-0.2, -0.15) is 0 Å². The van der Waals surface area contributed by atoms with Crippen molar-refractivity contribution >= 4 is 16.7 Å². The summed E-state index contributed by atoms with van der Waals surface area (Å²) in [5.74, 6) is -0.334. The fourth-order valence-electron chi connectivity index (χ4n) is 1.98. The summed E-state index contributed by atoms with van der Waals surface area (Å²) >= 11 is 0. The van der Waals surface area contributed by atoms with E-state index in [0.29, 0.717) is 10.9 Å². The van der Waals surface area contributed by atoms with Crippen LogP contribution < -0.4 is 5.32 Å². The Bertz CT molecular complexity index is 587. The van der Waals surface area contributed by atoms with E-state index in [1.165, 1.54) is 12.1 Å². The summed E-state index contributed by atoms with van der Waals surface area (Å²) in [5.41, 5.74) is 1.43. The molecule has 0 spiro atoms. The summed E-state index contributed by atoms with van der Waals surface area (Å²) in [6.07, 6.45) is 1.76. The van der Waals surface area contributed by atoms with Crippen LogP contribution in [0.5, 0.6) is 0 Å². The van der Waals surface area contributed by atoms with Gasteiger partial charge in [0.2, 0.25) is 0 Å². The first kappa shape index (κ1) is 12.8. The van der Waals surface area contributed by atoms with Crippen molar-refractivity contribution in [2.75, 3.05) is 6.54 Å². The van der Waals surface area contributed by atoms with Crippen LogP contribution in [0.2, 0.25) is 0 Å². The third-order valence-corrected chi connectivity index (χ3v) is 2.92. The minimum atomic E-state index is -0.320. The number of hydrogen-bond acceptors (Lipinski definition) is 2. The Balaban J connectivity index is 2.38. The van der Waals surface area contributed by atoms with Crippen LogP contribution in [-0.4, -0.2) is 22.9 Å². The largest absolute Gasteiger partial charge is 0.350 e. The average molecular weight is 248 g/mol. The Hall–Kier alpha value is -1.68. The minimum absolute atomic E-state index is 0.0140. The number of aromatic nitrogens is 1. The number of nitrogens with zero attached hydrogens (tertiary/aromatic N) is 1. The topological polar surface area (TPSA) is 34.0 Å². The molecule has 1 N–H and O–H groups in total. The molecule has 0 bridgehead atoms. The van der Waals surface area contributed by atoms with Crippen LogP contribution in [-0.2, 0) is 7.05 Å². The lowest BCUT2D eigenvalue weighted by molar-refractivity contribution is 0.0990. The molecule has 0 saturated carbocycles. The molecule has 2 aromatic rings. The molecule has 0 aliphatic rings. The Morgan fingerprint density at radius 2 is 2.17 bits per heavy atom. The maximum Gasteiger partial charge on any atom is 0.178 e. The van der Waals surface area contributed by atoms with Crippen molar-refractivity contribution in [3.8, 4) is 0 Å². The van der Waals surface area contributed by atoms with Gasteiger partial charge in [0.05, 0.1) is 6.54 Å². The van der Waals surface area contributed by atoms with E-state index in [1.54, 1.807) is 12.3 Å². The van der Waals surface area contributed by atoms with E-state index in [4.69, 9.17) is 0 Å². The molecule has 0 atom stereocenters. The van der Waals surface area contributed by atoms with Crippen LogP contribution in [0, 0.1) is 5.82 Å². The Morgan fingerprint density at radius 1 is 1.44 bits per heavy atom. The average Bonchev–Trinajstić information content (AvgIpc) is 2.63. The molecule has 18 heavy (non-hydrogen) atoms. The number of ketones is 1. The predicted octanol–water partition coefficient (Wildman–Crippen LogP) is 2.50. The summed E-state index contributed by atoms with van der Waals surface area (Å²) in [6, 6.07) is 4.76. The molecule has 0 fully saturated rings. The number of fused-ring (bicyclic) bond motifs is 1. The van der Waals surface area contributed by atoms with Gasteiger partial charge in [0.15, 0.2) is 5.78 Å². The molecule has 0 unspecified atom stereocenters. The van der Waals surface area contributed by atoms with Gasteiger partial charge < -0.3 is 9.88 Å². The van der Waals surface area contributed by atoms with Crippen LogP contribution in [0.1, 0.15) is 24.2 Å². The van der Waals surface area contributed by atoms with E-state index in [0.717, 1.165) is 5.52 Å². The highest BCUT2D eigenvalue weighted by Crippen LogP contribution is 2.22. The van der Waals surface area contributed by atoms with Gasteiger partial charge in [0.1, 0.15) is 5.82 Å². The van der Waals surface area contributed by atoms with Gasteiger partial charge in [0.25, 0.3) is 0 Å². The molecule has 96 valence electrons. The van der Waals surface area contributed by atoms with Gasteiger partial charge >= 0.3 is 0 Å². The molecule has 0 radical (unpaired) electrons. The second-order valence-corrected chi connectivity index (χ2v) is 4.77. The van der Waals surface area contributed by atoms with Crippen molar-refractivity contribution in [3.63, 3.8) is 0 Å². The van der Waals surface area contributed by atoms with E-state index >= 15 is 0 Å². The first-order valence-electron chi connectivity index (χ1n) is 6.00. The maximum atomic E-state index is 13.3. The lowest BCUT2D eigenvalue weighted by Crippen LogP contribution is -2.29. The summed E-state index contributed by atoms with van der Waals surface area (Å²) in [6.45, 7) is 4.24. The zero-order valence-corrected chi connectivity index (χ0v) is 10.8. The molecule has 0 aliphatic heterocycles. The van der Waals surface area contributed by atoms with E-state index in [-0.39, 0.29) is 24.2 Å². The molecule has 3 nitrogen and oxygen atoms in total. The first-order valence-corrected chi connectivity index (χ1v) is 6.00. The molecule has 2 rings (SSSR count). The highest BCUT2D eigenvalue weighted by atomic mass is 19.1. The Kier molecular flexibility index (Phi) is 3.48. The molecule has 4 heteroatoms. The lowest BCUT2D eigenvalue weighted by atomic mass is 10.1. The number of rotatable bonds is 4. The van der Waals surface area contributed by atoms with Crippen molar-refractivity contribution in [3.05, 3.63) is 35.8 Å². The molecular weight excluding hydrogens is 231 g/mol. The highest BCUT2D eigenvalue weighted by molar-refractivity contribution is 6.09. The molecule has 1 aromatic carbocycles. The molecule has 1 heterocycles. The third-order valence-electron chi connectivity index (χ3n) is 2.92. The van der Waals surface area contributed by atoms with Gasteiger partial charge in [-0.1, -0.05) is 13.8 Å². The van der Waals surface area contributed by atoms with Crippen LogP contribution in [0.25, 0.3) is 10.9 Å². The zero-order chi connectivity index (χ0) is 13.3. The van der Waals surface area contributed by atoms with Crippen molar-refractivity contribution in [2.24, 2.45) is 7.05 Å². The van der Waals surface area contributed by atoms with Crippen LogP contribution in [0.15, 0.2) is 24.4 Å². The van der Waals surface area contributed by atoms with E-state index in [1.807, 2.05) is 25.5 Å².